The molecule has 21 heavy (non-hydrogen) atoms. The zero-order valence-corrected chi connectivity index (χ0v) is 12.6. The number of methoxy groups -OCH3 is 2. The summed E-state index contributed by atoms with van der Waals surface area (Å²) < 4.78 is 15.4. The first-order valence-electron chi connectivity index (χ1n) is 5.77. The molecule has 1 unspecified atom stereocenters. The van der Waals surface area contributed by atoms with E-state index in [9.17, 15) is 10.1 Å². The average molecular weight is 332 g/mol. The third-order valence-electron chi connectivity index (χ3n) is 2.82. The van der Waals surface area contributed by atoms with Crippen molar-refractivity contribution in [1.82, 2.24) is 0 Å². The Morgan fingerprint density at radius 3 is 2.38 bits per heavy atom. The molecular formula is C13H11Cl2NO5. The fourth-order valence-electron chi connectivity index (χ4n) is 1.79. The highest BCUT2D eigenvalue weighted by atomic mass is 35.5. The third kappa shape index (κ3) is 3.06. The minimum absolute atomic E-state index is 0.220. The average Bonchev–Trinajstić information content (AvgIpc) is 2.96. The number of ether oxygens (including phenoxy) is 2. The smallest absolute Gasteiger partial charge is 0.433 e. The molecule has 0 spiro atoms. The van der Waals surface area contributed by atoms with Crippen molar-refractivity contribution in [3.63, 3.8) is 0 Å². The topological polar surface area (TPSA) is 74.7 Å². The van der Waals surface area contributed by atoms with E-state index >= 15 is 0 Å². The summed E-state index contributed by atoms with van der Waals surface area (Å²) in [5, 5.41) is 10.2. The second-order valence-corrected chi connectivity index (χ2v) is 4.87. The largest absolute Gasteiger partial charge is 0.493 e. The van der Waals surface area contributed by atoms with Gasteiger partial charge in [-0.25, -0.2) is 0 Å². The van der Waals surface area contributed by atoms with Gasteiger partial charge in [0.15, 0.2) is 11.5 Å². The molecule has 0 bridgehead atoms. The molecule has 0 amide bonds. The van der Waals surface area contributed by atoms with E-state index in [4.69, 9.17) is 37.1 Å². The molecule has 0 aliphatic carbocycles. The summed E-state index contributed by atoms with van der Waals surface area (Å²) in [6, 6.07) is 5.83. The molecule has 0 fully saturated rings. The molecule has 8 heteroatoms. The molecule has 0 saturated heterocycles. The Balaban J connectivity index is 2.42. The SMILES string of the molecule is COc1cc(Cl)c(C(Cl)c2ccc([N+](=O)[O-])o2)cc1OC. The molecule has 112 valence electrons. The lowest BCUT2D eigenvalue weighted by atomic mass is 10.1. The second kappa shape index (κ2) is 6.24. The maximum absolute atomic E-state index is 10.6. The van der Waals surface area contributed by atoms with Crippen LogP contribution in [0.4, 0.5) is 5.88 Å². The Hall–Kier alpha value is -1.92. The fourth-order valence-corrected chi connectivity index (χ4v) is 2.41. The van der Waals surface area contributed by atoms with Crippen molar-refractivity contribution in [1.29, 1.82) is 0 Å². The van der Waals surface area contributed by atoms with E-state index in [0.29, 0.717) is 22.1 Å². The Labute approximate surface area is 130 Å². The molecule has 6 nitrogen and oxygen atoms in total. The minimum Gasteiger partial charge on any atom is -0.493 e. The molecule has 1 atom stereocenters. The zero-order chi connectivity index (χ0) is 15.6. The lowest BCUT2D eigenvalue weighted by molar-refractivity contribution is -0.402. The normalized spacial score (nSPS) is 12.0. The Bertz CT molecular complexity index is 671. The van der Waals surface area contributed by atoms with Gasteiger partial charge in [0.2, 0.25) is 0 Å². The number of halogens is 2. The van der Waals surface area contributed by atoms with Crippen LogP contribution in [0.3, 0.4) is 0 Å². The third-order valence-corrected chi connectivity index (χ3v) is 3.60. The molecule has 1 aromatic carbocycles. The number of hydrogen-bond donors (Lipinski definition) is 0. The van der Waals surface area contributed by atoms with Crippen LogP contribution in [0.5, 0.6) is 11.5 Å². The van der Waals surface area contributed by atoms with Crippen LogP contribution in [0.25, 0.3) is 0 Å². The van der Waals surface area contributed by atoms with Crippen molar-refractivity contribution in [2.45, 2.75) is 5.38 Å². The van der Waals surface area contributed by atoms with Gasteiger partial charge in [-0.2, -0.15) is 0 Å². The Kier molecular flexibility index (Phi) is 4.59. The number of alkyl halides is 1. The van der Waals surface area contributed by atoms with Crippen LogP contribution in [0.15, 0.2) is 28.7 Å². The lowest BCUT2D eigenvalue weighted by Gasteiger charge is -2.14. The molecular weight excluding hydrogens is 321 g/mol. The van der Waals surface area contributed by atoms with Crippen molar-refractivity contribution >= 4 is 29.1 Å². The minimum atomic E-state index is -0.786. The van der Waals surface area contributed by atoms with Crippen LogP contribution in [-0.2, 0) is 0 Å². The standard InChI is InChI=1S/C13H11Cl2NO5/c1-19-10-5-7(8(14)6-11(10)20-2)13(15)9-3-4-12(21-9)16(17)18/h3-6,13H,1-2H3. The van der Waals surface area contributed by atoms with Crippen LogP contribution in [-0.4, -0.2) is 19.1 Å². The molecule has 0 radical (unpaired) electrons. The van der Waals surface area contributed by atoms with Crippen LogP contribution in [0, 0.1) is 10.1 Å². The maximum atomic E-state index is 10.6. The van der Waals surface area contributed by atoms with E-state index < -0.39 is 10.3 Å². The predicted molar refractivity (Wildman–Crippen MR) is 77.6 cm³/mol. The molecule has 0 aliphatic rings. The first-order chi connectivity index (χ1) is 9.97. The van der Waals surface area contributed by atoms with Crippen molar-refractivity contribution in [2.75, 3.05) is 14.2 Å². The first-order valence-corrected chi connectivity index (χ1v) is 6.59. The summed E-state index contributed by atoms with van der Waals surface area (Å²) in [4.78, 5) is 9.99. The Morgan fingerprint density at radius 1 is 1.24 bits per heavy atom. The second-order valence-electron chi connectivity index (χ2n) is 4.02. The van der Waals surface area contributed by atoms with Crippen LogP contribution < -0.4 is 9.47 Å². The van der Waals surface area contributed by atoms with Gasteiger partial charge in [-0.05, 0) is 12.1 Å². The number of nitro groups is 1. The van der Waals surface area contributed by atoms with Gasteiger partial charge < -0.3 is 13.9 Å². The van der Waals surface area contributed by atoms with E-state index in [2.05, 4.69) is 0 Å². The number of nitrogens with zero attached hydrogens (tertiary/aromatic N) is 1. The summed E-state index contributed by atoms with van der Waals surface area (Å²) in [7, 11) is 2.97. The quantitative estimate of drug-likeness (QED) is 0.466. The molecule has 2 aromatic rings. The molecule has 1 aromatic heterocycles. The summed E-state index contributed by atoms with van der Waals surface area (Å²) in [6.07, 6.45) is 0. The van der Waals surface area contributed by atoms with Crippen molar-refractivity contribution in [3.05, 3.63) is 50.7 Å². The van der Waals surface area contributed by atoms with Crippen LogP contribution in [0.2, 0.25) is 5.02 Å². The van der Waals surface area contributed by atoms with Crippen molar-refractivity contribution in [3.8, 4) is 11.5 Å². The molecule has 2 rings (SSSR count). The van der Waals surface area contributed by atoms with Gasteiger partial charge >= 0.3 is 5.88 Å². The van der Waals surface area contributed by atoms with E-state index in [1.54, 1.807) is 12.1 Å². The lowest BCUT2D eigenvalue weighted by Crippen LogP contribution is -1.97. The number of rotatable bonds is 5. The molecule has 0 N–H and O–H groups in total. The van der Waals surface area contributed by atoms with Crippen molar-refractivity contribution < 1.29 is 18.8 Å². The number of furan rings is 1. The maximum Gasteiger partial charge on any atom is 0.433 e. The molecule has 1 heterocycles. The van der Waals surface area contributed by atoms with Gasteiger partial charge in [0, 0.05) is 16.7 Å². The highest BCUT2D eigenvalue weighted by Crippen LogP contribution is 2.41. The van der Waals surface area contributed by atoms with Gasteiger partial charge in [-0.1, -0.05) is 11.6 Å². The summed E-state index contributed by atoms with van der Waals surface area (Å²) in [6.45, 7) is 0. The summed E-state index contributed by atoms with van der Waals surface area (Å²) in [5.41, 5.74) is 0.500. The first kappa shape index (κ1) is 15.5. The van der Waals surface area contributed by atoms with Crippen LogP contribution >= 0.6 is 23.2 Å². The van der Waals surface area contributed by atoms with Gasteiger partial charge in [0.1, 0.15) is 16.1 Å². The summed E-state index contributed by atoms with van der Waals surface area (Å²) >= 11 is 12.4. The monoisotopic (exact) mass is 331 g/mol. The highest BCUT2D eigenvalue weighted by Gasteiger charge is 2.23. The summed E-state index contributed by atoms with van der Waals surface area (Å²) in [5.74, 6) is 0.744. The van der Waals surface area contributed by atoms with E-state index in [-0.39, 0.29) is 11.6 Å². The molecule has 0 aliphatic heterocycles. The molecule has 0 saturated carbocycles. The van der Waals surface area contributed by atoms with Gasteiger partial charge in [-0.3, -0.25) is 10.1 Å². The van der Waals surface area contributed by atoms with Gasteiger partial charge in [-0.15, -0.1) is 11.6 Å². The highest BCUT2D eigenvalue weighted by molar-refractivity contribution is 6.33. The van der Waals surface area contributed by atoms with Gasteiger partial charge in [0.05, 0.1) is 20.3 Å². The van der Waals surface area contributed by atoms with Crippen molar-refractivity contribution in [2.24, 2.45) is 0 Å². The van der Waals surface area contributed by atoms with Crippen LogP contribution in [0.1, 0.15) is 16.7 Å². The number of benzene rings is 1. The van der Waals surface area contributed by atoms with Gasteiger partial charge in [0.25, 0.3) is 0 Å². The predicted octanol–water partition coefficient (Wildman–Crippen LogP) is 4.19. The van der Waals surface area contributed by atoms with E-state index in [0.717, 1.165) is 0 Å². The van der Waals surface area contributed by atoms with E-state index in [1.807, 2.05) is 0 Å². The number of hydrogen-bond acceptors (Lipinski definition) is 5. The zero-order valence-electron chi connectivity index (χ0n) is 11.1. The Morgan fingerprint density at radius 2 is 1.86 bits per heavy atom. The van der Waals surface area contributed by atoms with E-state index in [1.165, 1.54) is 26.4 Å². The fraction of sp³-hybridized carbons (Fsp3) is 0.231.